The Morgan fingerprint density at radius 2 is 1.88 bits per heavy atom. The van der Waals surface area contributed by atoms with Crippen LogP contribution in [0.2, 0.25) is 0 Å². The molecule has 1 fully saturated rings. The summed E-state index contributed by atoms with van der Waals surface area (Å²) >= 11 is 0. The molecule has 6 heteroatoms. The van der Waals surface area contributed by atoms with Crippen LogP contribution < -0.4 is 5.32 Å². The first-order valence-electron chi connectivity index (χ1n) is 8.68. The number of nitrogens with zero attached hydrogens (tertiary/aromatic N) is 2. The maximum Gasteiger partial charge on any atom is 0.324 e. The highest BCUT2D eigenvalue weighted by Crippen LogP contribution is 2.26. The van der Waals surface area contributed by atoms with Gasteiger partial charge in [0.1, 0.15) is 5.82 Å². The zero-order valence-electron chi connectivity index (χ0n) is 15.5. The van der Waals surface area contributed by atoms with E-state index in [1.165, 1.54) is 17.0 Å². The molecular weight excluding hydrogens is 321 g/mol. The van der Waals surface area contributed by atoms with Gasteiger partial charge in [-0.15, -0.1) is 0 Å². The van der Waals surface area contributed by atoms with Gasteiger partial charge in [0.2, 0.25) is 5.91 Å². The van der Waals surface area contributed by atoms with E-state index in [9.17, 15) is 14.0 Å². The summed E-state index contributed by atoms with van der Waals surface area (Å²) in [4.78, 5) is 28.0. The minimum atomic E-state index is -0.314. The third-order valence-electron chi connectivity index (χ3n) is 4.29. The topological polar surface area (TPSA) is 52.6 Å². The lowest BCUT2D eigenvalue weighted by Gasteiger charge is -2.35. The molecule has 138 valence electrons. The molecule has 1 N–H and O–H groups in total. The summed E-state index contributed by atoms with van der Waals surface area (Å²) in [5.74, 6) is -0.513. The first-order valence-corrected chi connectivity index (χ1v) is 8.68. The van der Waals surface area contributed by atoms with Gasteiger partial charge in [-0.2, -0.15) is 0 Å². The number of amides is 3. The van der Waals surface area contributed by atoms with E-state index in [2.05, 4.69) is 26.1 Å². The molecule has 0 saturated carbocycles. The molecule has 0 aliphatic carbocycles. The second-order valence-corrected chi connectivity index (χ2v) is 8.00. The van der Waals surface area contributed by atoms with E-state index >= 15 is 0 Å². The number of halogens is 1. The fraction of sp³-hybridized carbons (Fsp3) is 0.579. The van der Waals surface area contributed by atoms with E-state index in [1.807, 2.05) is 11.9 Å². The number of hydrogen-bond donors (Lipinski definition) is 1. The highest BCUT2D eigenvalue weighted by atomic mass is 19.1. The van der Waals surface area contributed by atoms with Crippen LogP contribution in [-0.2, 0) is 11.3 Å². The largest absolute Gasteiger partial charge is 0.337 e. The molecule has 5 nitrogen and oxygen atoms in total. The third kappa shape index (κ3) is 5.81. The minimum absolute atomic E-state index is 0.0352. The number of benzene rings is 1. The fourth-order valence-corrected chi connectivity index (χ4v) is 3.08. The van der Waals surface area contributed by atoms with Crippen molar-refractivity contribution in [2.24, 2.45) is 11.3 Å². The highest BCUT2D eigenvalue weighted by molar-refractivity contribution is 5.98. The summed E-state index contributed by atoms with van der Waals surface area (Å²) in [6, 6.07) is 6.03. The van der Waals surface area contributed by atoms with E-state index in [0.717, 1.165) is 12.0 Å². The lowest BCUT2D eigenvalue weighted by atomic mass is 9.83. The molecule has 25 heavy (non-hydrogen) atoms. The van der Waals surface area contributed by atoms with E-state index < -0.39 is 0 Å². The van der Waals surface area contributed by atoms with Gasteiger partial charge in [-0.05, 0) is 36.6 Å². The molecule has 0 radical (unpaired) electrons. The van der Waals surface area contributed by atoms with Crippen LogP contribution in [0.1, 0.15) is 32.8 Å². The van der Waals surface area contributed by atoms with E-state index in [-0.39, 0.29) is 29.1 Å². The van der Waals surface area contributed by atoms with Gasteiger partial charge in [0.05, 0.1) is 5.92 Å². The molecule has 3 amide bonds. The zero-order valence-corrected chi connectivity index (χ0v) is 15.5. The van der Waals surface area contributed by atoms with Crippen molar-refractivity contribution in [3.63, 3.8) is 0 Å². The predicted octanol–water partition coefficient (Wildman–Crippen LogP) is 2.86. The summed E-state index contributed by atoms with van der Waals surface area (Å²) in [6.45, 7) is 8.25. The number of imide groups is 1. The van der Waals surface area contributed by atoms with Crippen molar-refractivity contribution in [2.45, 2.75) is 33.7 Å². The molecule has 1 aliphatic rings. The van der Waals surface area contributed by atoms with E-state index in [4.69, 9.17) is 0 Å². The van der Waals surface area contributed by atoms with Crippen LogP contribution in [0.4, 0.5) is 9.18 Å². The van der Waals surface area contributed by atoms with Gasteiger partial charge >= 0.3 is 6.03 Å². The number of carbonyl (C=O) groups excluding carboxylic acids is 2. The number of rotatable bonds is 6. The number of urea groups is 1. The quantitative estimate of drug-likeness (QED) is 0.859. The monoisotopic (exact) mass is 349 g/mol. The minimum Gasteiger partial charge on any atom is -0.337 e. The predicted molar refractivity (Wildman–Crippen MR) is 95.4 cm³/mol. The van der Waals surface area contributed by atoms with Crippen LogP contribution >= 0.6 is 0 Å². The molecule has 1 unspecified atom stereocenters. The lowest BCUT2D eigenvalue weighted by molar-refractivity contribution is -0.135. The maximum absolute atomic E-state index is 13.0. The Labute approximate surface area is 149 Å². The molecule has 1 aromatic carbocycles. The number of hydrogen-bond acceptors (Lipinski definition) is 3. The lowest BCUT2D eigenvalue weighted by Crippen LogP contribution is -2.56. The summed E-state index contributed by atoms with van der Waals surface area (Å²) in [5, 5.41) is 2.82. The highest BCUT2D eigenvalue weighted by Gasteiger charge is 2.35. The molecular formula is C19H28FN3O2. The van der Waals surface area contributed by atoms with Gasteiger partial charge < -0.3 is 10.2 Å². The van der Waals surface area contributed by atoms with Crippen molar-refractivity contribution < 1.29 is 14.0 Å². The van der Waals surface area contributed by atoms with Crippen molar-refractivity contribution in [3.8, 4) is 0 Å². The van der Waals surface area contributed by atoms with E-state index in [1.54, 1.807) is 12.1 Å². The Balaban J connectivity index is 1.89. The van der Waals surface area contributed by atoms with Gasteiger partial charge in [-0.1, -0.05) is 32.9 Å². The van der Waals surface area contributed by atoms with Crippen LogP contribution in [0.15, 0.2) is 24.3 Å². The van der Waals surface area contributed by atoms with Crippen LogP contribution in [0.25, 0.3) is 0 Å². The Bertz CT molecular complexity index is 610. The molecule has 0 aromatic heterocycles. The van der Waals surface area contributed by atoms with Gasteiger partial charge in [0, 0.05) is 26.2 Å². The standard InChI is InChI=1S/C19H28FN3O2/c1-19(2,3)11-15-12-21-18(25)23(17(15)24)10-9-22(4)13-14-5-7-16(20)8-6-14/h5-8,15H,9-13H2,1-4H3,(H,21,25). The van der Waals surface area contributed by atoms with Crippen LogP contribution in [0.5, 0.6) is 0 Å². The average Bonchev–Trinajstić information content (AvgIpc) is 2.51. The van der Waals surface area contributed by atoms with Crippen molar-refractivity contribution in [1.82, 2.24) is 15.1 Å². The van der Waals surface area contributed by atoms with Gasteiger partial charge in [-0.3, -0.25) is 9.69 Å². The van der Waals surface area contributed by atoms with Crippen molar-refractivity contribution in [1.29, 1.82) is 0 Å². The second kappa shape index (κ2) is 7.95. The molecule has 0 bridgehead atoms. The first kappa shape index (κ1) is 19.4. The van der Waals surface area contributed by atoms with Crippen molar-refractivity contribution in [3.05, 3.63) is 35.6 Å². The summed E-state index contributed by atoms with van der Waals surface area (Å²) in [5.41, 5.74) is 1.02. The SMILES string of the molecule is CN(CCN1C(=O)NCC(CC(C)(C)C)C1=O)Cc1ccc(F)cc1. The molecule has 1 saturated heterocycles. The molecule has 2 rings (SSSR count). The van der Waals surface area contributed by atoms with Gasteiger partial charge in [0.25, 0.3) is 0 Å². The smallest absolute Gasteiger partial charge is 0.324 e. The van der Waals surface area contributed by atoms with E-state index in [0.29, 0.717) is 26.2 Å². The summed E-state index contributed by atoms with van der Waals surface area (Å²) in [6.07, 6.45) is 0.744. The first-order chi connectivity index (χ1) is 11.7. The molecule has 1 atom stereocenters. The van der Waals surface area contributed by atoms with Crippen molar-refractivity contribution in [2.75, 3.05) is 26.7 Å². The summed E-state index contributed by atoms with van der Waals surface area (Å²) < 4.78 is 13.0. The van der Waals surface area contributed by atoms with Crippen LogP contribution in [0, 0.1) is 17.2 Å². The zero-order chi connectivity index (χ0) is 18.6. The average molecular weight is 349 g/mol. The Hall–Kier alpha value is -1.95. The Kier molecular flexibility index (Phi) is 6.16. The number of carbonyl (C=O) groups is 2. The number of nitrogens with one attached hydrogen (secondary N) is 1. The second-order valence-electron chi connectivity index (χ2n) is 8.00. The maximum atomic E-state index is 13.0. The third-order valence-corrected chi connectivity index (χ3v) is 4.29. The van der Waals surface area contributed by atoms with Crippen molar-refractivity contribution >= 4 is 11.9 Å². The molecule has 1 aromatic rings. The normalized spacial score (nSPS) is 18.6. The molecule has 0 spiro atoms. The summed E-state index contributed by atoms with van der Waals surface area (Å²) in [7, 11) is 1.92. The van der Waals surface area contributed by atoms with Crippen LogP contribution in [0.3, 0.4) is 0 Å². The Morgan fingerprint density at radius 1 is 1.24 bits per heavy atom. The Morgan fingerprint density at radius 3 is 2.48 bits per heavy atom. The molecule has 1 aliphatic heterocycles. The van der Waals surface area contributed by atoms with Gasteiger partial charge in [0.15, 0.2) is 0 Å². The van der Waals surface area contributed by atoms with Crippen LogP contribution in [-0.4, -0.2) is 48.4 Å². The van der Waals surface area contributed by atoms with Gasteiger partial charge in [-0.25, -0.2) is 9.18 Å². The molecule has 1 heterocycles. The fourth-order valence-electron chi connectivity index (χ4n) is 3.08. The number of likely N-dealkylation sites (N-methyl/N-ethyl adjacent to an activating group) is 1.